The molecule has 0 radical (unpaired) electrons. The van der Waals surface area contributed by atoms with E-state index in [9.17, 15) is 0 Å². The SMILES string of the molecule is N#Cc1c[se]cn1. The molecule has 2 nitrogen and oxygen atoms in total. The summed E-state index contributed by atoms with van der Waals surface area (Å²) in [4.78, 5) is 5.61. The van der Waals surface area contributed by atoms with Gasteiger partial charge in [0.15, 0.2) is 0 Å². The van der Waals surface area contributed by atoms with Gasteiger partial charge in [-0.15, -0.1) is 0 Å². The first kappa shape index (κ1) is 4.58. The molecule has 3 heteroatoms. The van der Waals surface area contributed by atoms with Gasteiger partial charge in [-0.05, 0) is 0 Å². The molecule has 0 aliphatic rings. The molecule has 0 aliphatic carbocycles. The van der Waals surface area contributed by atoms with E-state index in [1.165, 1.54) is 0 Å². The zero-order valence-electron chi connectivity index (χ0n) is 3.46. The predicted molar refractivity (Wildman–Crippen MR) is 25.9 cm³/mol. The minimum atomic E-state index is 0.366. The van der Waals surface area contributed by atoms with Gasteiger partial charge in [-0.1, -0.05) is 0 Å². The van der Waals surface area contributed by atoms with E-state index in [0.717, 1.165) is 0 Å². The quantitative estimate of drug-likeness (QED) is 0.497. The summed E-state index contributed by atoms with van der Waals surface area (Å²) in [6, 6.07) is 1.94. The Morgan fingerprint density at radius 3 is 3.00 bits per heavy atom. The summed E-state index contributed by atoms with van der Waals surface area (Å²) < 4.78 is 0. The van der Waals surface area contributed by atoms with Crippen LogP contribution in [-0.4, -0.2) is 19.5 Å². The first-order valence-corrected chi connectivity index (χ1v) is 3.69. The van der Waals surface area contributed by atoms with E-state index >= 15 is 0 Å². The van der Waals surface area contributed by atoms with Crippen molar-refractivity contribution in [3.63, 3.8) is 0 Å². The molecule has 0 bridgehead atoms. The van der Waals surface area contributed by atoms with E-state index in [-0.39, 0.29) is 0 Å². The van der Waals surface area contributed by atoms with Gasteiger partial charge in [0.2, 0.25) is 0 Å². The third kappa shape index (κ3) is 0.894. The van der Waals surface area contributed by atoms with Gasteiger partial charge in [0.05, 0.1) is 0 Å². The number of hydrogen-bond donors (Lipinski definition) is 0. The first-order chi connectivity index (χ1) is 3.43. The van der Waals surface area contributed by atoms with Crippen LogP contribution in [0.3, 0.4) is 0 Å². The molecule has 0 atom stereocenters. The van der Waals surface area contributed by atoms with Gasteiger partial charge in [0.1, 0.15) is 0 Å². The van der Waals surface area contributed by atoms with Crippen LogP contribution in [-0.2, 0) is 0 Å². The maximum atomic E-state index is 8.14. The Hall–Kier alpha value is -0.581. The fraction of sp³-hybridized carbons (Fsp3) is 0. The molecule has 0 aromatic carbocycles. The Kier molecular flexibility index (Phi) is 1.26. The first-order valence-electron chi connectivity index (χ1n) is 1.72. The van der Waals surface area contributed by atoms with Crippen molar-refractivity contribution in [3.8, 4) is 6.07 Å². The molecule has 0 fully saturated rings. The summed E-state index contributed by atoms with van der Waals surface area (Å²) in [5.41, 5.74) is 0.569. The van der Waals surface area contributed by atoms with Gasteiger partial charge in [0.25, 0.3) is 0 Å². The van der Waals surface area contributed by atoms with E-state index in [0.29, 0.717) is 20.2 Å². The Morgan fingerprint density at radius 1 is 1.86 bits per heavy atom. The summed E-state index contributed by atoms with van der Waals surface area (Å²) in [6.45, 7) is 0. The molecule has 0 saturated carbocycles. The molecule has 0 aliphatic heterocycles. The van der Waals surface area contributed by atoms with Crippen molar-refractivity contribution in [1.82, 2.24) is 4.98 Å². The molecule has 0 saturated heterocycles. The third-order valence-electron chi connectivity index (χ3n) is 0.547. The second kappa shape index (κ2) is 1.92. The zero-order chi connectivity index (χ0) is 5.11. The van der Waals surface area contributed by atoms with Gasteiger partial charge >= 0.3 is 46.5 Å². The fourth-order valence-electron chi connectivity index (χ4n) is 0.268. The van der Waals surface area contributed by atoms with Crippen LogP contribution in [0.1, 0.15) is 5.69 Å². The number of hydrogen-bond acceptors (Lipinski definition) is 2. The fourth-order valence-corrected chi connectivity index (χ4v) is 1.27. The van der Waals surface area contributed by atoms with E-state index < -0.39 is 0 Å². The van der Waals surface area contributed by atoms with Crippen LogP contribution in [0.25, 0.3) is 0 Å². The second-order valence-corrected chi connectivity index (χ2v) is 2.49. The normalized spacial score (nSPS) is 7.86. The van der Waals surface area contributed by atoms with Crippen molar-refractivity contribution in [2.75, 3.05) is 0 Å². The molecule has 0 N–H and O–H groups in total. The van der Waals surface area contributed by atoms with Crippen molar-refractivity contribution >= 4 is 14.5 Å². The Balaban J connectivity index is 3.04. The third-order valence-corrected chi connectivity index (χ3v) is 1.78. The molecule has 0 spiro atoms. The molecule has 1 rings (SSSR count). The predicted octanol–water partition coefficient (Wildman–Crippen LogP) is 0.0103. The van der Waals surface area contributed by atoms with Gasteiger partial charge in [0, 0.05) is 0 Å². The maximum absolute atomic E-state index is 8.14. The van der Waals surface area contributed by atoms with Crippen LogP contribution in [0, 0.1) is 11.3 Å². The van der Waals surface area contributed by atoms with Crippen LogP contribution in [0.15, 0.2) is 10.0 Å². The van der Waals surface area contributed by atoms with Gasteiger partial charge in [-0.3, -0.25) is 0 Å². The van der Waals surface area contributed by atoms with E-state index in [2.05, 4.69) is 4.98 Å². The average Bonchev–Trinajstić information content (AvgIpc) is 2.14. The number of nitrogens with zero attached hydrogens (tertiary/aromatic N) is 2. The van der Waals surface area contributed by atoms with E-state index in [1.54, 1.807) is 5.07 Å². The van der Waals surface area contributed by atoms with Crippen LogP contribution in [0.5, 0.6) is 0 Å². The van der Waals surface area contributed by atoms with Crippen LogP contribution < -0.4 is 0 Å². The zero-order valence-corrected chi connectivity index (χ0v) is 5.17. The molecule has 0 unspecified atom stereocenters. The number of rotatable bonds is 0. The van der Waals surface area contributed by atoms with Crippen molar-refractivity contribution in [2.45, 2.75) is 0 Å². The molecule has 0 amide bonds. The molecule has 1 aromatic heterocycles. The Morgan fingerprint density at radius 2 is 2.71 bits per heavy atom. The van der Waals surface area contributed by atoms with Crippen molar-refractivity contribution in [3.05, 3.63) is 15.7 Å². The summed E-state index contributed by atoms with van der Waals surface area (Å²) >= 11 is 0.366. The topological polar surface area (TPSA) is 36.7 Å². The minimum absolute atomic E-state index is 0.366. The van der Waals surface area contributed by atoms with Gasteiger partial charge in [-0.2, -0.15) is 0 Å². The van der Waals surface area contributed by atoms with Crippen LogP contribution in [0.2, 0.25) is 0 Å². The number of nitriles is 1. The summed E-state index contributed by atoms with van der Waals surface area (Å²) in [7, 11) is 0. The summed E-state index contributed by atoms with van der Waals surface area (Å²) in [6.07, 6.45) is 0. The van der Waals surface area contributed by atoms with E-state index in [1.807, 2.05) is 11.0 Å². The molecular formula is C4H2N2Se. The summed E-state index contributed by atoms with van der Waals surface area (Å²) in [5, 5.41) is 9.93. The molecule has 34 valence electrons. The Labute approximate surface area is 47.2 Å². The molecular weight excluding hydrogens is 155 g/mol. The van der Waals surface area contributed by atoms with Gasteiger partial charge in [-0.25, -0.2) is 0 Å². The monoisotopic (exact) mass is 158 g/mol. The van der Waals surface area contributed by atoms with E-state index in [4.69, 9.17) is 5.26 Å². The van der Waals surface area contributed by atoms with Crippen molar-refractivity contribution in [1.29, 1.82) is 5.26 Å². The summed E-state index contributed by atoms with van der Waals surface area (Å²) in [5.74, 6) is 0. The Bertz CT molecular complexity index is 172. The molecule has 1 heterocycles. The standard InChI is InChI=1S/C4H2N2Se/c5-1-4-2-7-3-6-4/h2-3H. The molecule has 1 aromatic rings. The van der Waals surface area contributed by atoms with Crippen LogP contribution in [0.4, 0.5) is 0 Å². The van der Waals surface area contributed by atoms with Gasteiger partial charge < -0.3 is 0 Å². The van der Waals surface area contributed by atoms with Crippen molar-refractivity contribution < 1.29 is 0 Å². The number of aromatic nitrogens is 1. The average molecular weight is 157 g/mol. The van der Waals surface area contributed by atoms with Crippen molar-refractivity contribution in [2.24, 2.45) is 0 Å². The van der Waals surface area contributed by atoms with Crippen LogP contribution >= 0.6 is 0 Å². The molecule has 7 heavy (non-hydrogen) atoms. The second-order valence-electron chi connectivity index (χ2n) is 0.985.